The number of pyridine rings is 1. The molecule has 2 rings (SSSR count). The van der Waals surface area contributed by atoms with Crippen LogP contribution in [0.15, 0.2) is 24.4 Å². The molecule has 1 fully saturated rings. The summed E-state index contributed by atoms with van der Waals surface area (Å²) in [5.41, 5.74) is 0. The third-order valence-electron chi connectivity index (χ3n) is 3.98. The highest BCUT2D eigenvalue weighted by molar-refractivity contribution is 5.90. The van der Waals surface area contributed by atoms with E-state index in [9.17, 15) is 14.4 Å². The van der Waals surface area contributed by atoms with Crippen molar-refractivity contribution in [3.8, 4) is 0 Å². The number of carbonyl (C=O) groups is 3. The number of aromatic nitrogens is 1. The second-order valence-corrected chi connectivity index (χ2v) is 5.89. The van der Waals surface area contributed by atoms with E-state index in [0.29, 0.717) is 12.4 Å². The van der Waals surface area contributed by atoms with Crippen molar-refractivity contribution in [1.29, 1.82) is 0 Å². The second-order valence-electron chi connectivity index (χ2n) is 5.89. The summed E-state index contributed by atoms with van der Waals surface area (Å²) in [5.74, 6) is 0.276. The standard InChI is InChI=1S/C17H24N4O3/c22-15(8-12-20-17(24)13-5-1-2-6-13)19-11-9-16(23)21-14-7-3-4-10-18-14/h3-4,7,10,13H,1-2,5-6,8-9,11-12H2,(H,19,22)(H,20,24)(H,18,21,23). The zero-order chi connectivity index (χ0) is 17.2. The first-order valence-corrected chi connectivity index (χ1v) is 8.40. The van der Waals surface area contributed by atoms with E-state index in [1.54, 1.807) is 24.4 Å². The van der Waals surface area contributed by atoms with Gasteiger partial charge in [0, 0.05) is 38.0 Å². The van der Waals surface area contributed by atoms with Gasteiger partial charge in [0.1, 0.15) is 5.82 Å². The summed E-state index contributed by atoms with van der Waals surface area (Å²) in [6, 6.07) is 5.25. The maximum atomic E-state index is 11.8. The molecule has 0 bridgehead atoms. The Morgan fingerprint density at radius 1 is 1.00 bits per heavy atom. The number of nitrogens with one attached hydrogen (secondary N) is 3. The molecule has 7 nitrogen and oxygen atoms in total. The van der Waals surface area contributed by atoms with Crippen LogP contribution < -0.4 is 16.0 Å². The normalized spacial score (nSPS) is 14.2. The lowest BCUT2D eigenvalue weighted by atomic mass is 10.1. The summed E-state index contributed by atoms with van der Waals surface area (Å²) >= 11 is 0. The SMILES string of the molecule is O=C(CCNC(=O)C1CCCC1)NCCC(=O)Nc1ccccn1. The van der Waals surface area contributed by atoms with Crippen molar-refractivity contribution in [1.82, 2.24) is 15.6 Å². The van der Waals surface area contributed by atoms with Crippen LogP contribution in [0.2, 0.25) is 0 Å². The molecule has 3 amide bonds. The van der Waals surface area contributed by atoms with Crippen LogP contribution in [-0.4, -0.2) is 35.8 Å². The van der Waals surface area contributed by atoms with Gasteiger partial charge in [0.05, 0.1) is 0 Å². The zero-order valence-corrected chi connectivity index (χ0v) is 13.7. The fourth-order valence-corrected chi connectivity index (χ4v) is 2.68. The molecular formula is C17H24N4O3. The first-order chi connectivity index (χ1) is 11.6. The van der Waals surface area contributed by atoms with Crippen molar-refractivity contribution in [3.63, 3.8) is 0 Å². The van der Waals surface area contributed by atoms with E-state index in [1.807, 2.05) is 0 Å². The van der Waals surface area contributed by atoms with Crippen molar-refractivity contribution >= 4 is 23.5 Å². The van der Waals surface area contributed by atoms with Crippen LogP contribution in [0.3, 0.4) is 0 Å². The molecule has 0 unspecified atom stereocenters. The van der Waals surface area contributed by atoms with Crippen molar-refractivity contribution in [2.75, 3.05) is 18.4 Å². The number of hydrogen-bond acceptors (Lipinski definition) is 4. The minimum atomic E-state index is -0.205. The molecule has 7 heteroatoms. The molecule has 0 radical (unpaired) electrons. The molecule has 24 heavy (non-hydrogen) atoms. The van der Waals surface area contributed by atoms with Gasteiger partial charge in [-0.3, -0.25) is 14.4 Å². The largest absolute Gasteiger partial charge is 0.356 e. The Balaban J connectivity index is 1.53. The lowest BCUT2D eigenvalue weighted by Gasteiger charge is -2.10. The van der Waals surface area contributed by atoms with Gasteiger partial charge in [0.25, 0.3) is 0 Å². The molecule has 1 aromatic rings. The summed E-state index contributed by atoms with van der Waals surface area (Å²) in [7, 11) is 0. The van der Waals surface area contributed by atoms with E-state index in [0.717, 1.165) is 25.7 Å². The van der Waals surface area contributed by atoms with E-state index in [2.05, 4.69) is 20.9 Å². The van der Waals surface area contributed by atoms with Crippen molar-refractivity contribution in [2.45, 2.75) is 38.5 Å². The lowest BCUT2D eigenvalue weighted by molar-refractivity contribution is -0.125. The van der Waals surface area contributed by atoms with Gasteiger partial charge in [-0.05, 0) is 25.0 Å². The third-order valence-corrected chi connectivity index (χ3v) is 3.98. The third kappa shape index (κ3) is 6.36. The van der Waals surface area contributed by atoms with Gasteiger partial charge < -0.3 is 16.0 Å². The molecule has 0 atom stereocenters. The van der Waals surface area contributed by atoms with Crippen molar-refractivity contribution < 1.29 is 14.4 Å². The van der Waals surface area contributed by atoms with Gasteiger partial charge in [-0.1, -0.05) is 18.9 Å². The minimum Gasteiger partial charge on any atom is -0.356 e. The molecule has 1 aliphatic carbocycles. The Kier molecular flexibility index (Phi) is 7.20. The molecule has 0 aromatic carbocycles. The number of amides is 3. The number of nitrogens with zero attached hydrogens (tertiary/aromatic N) is 1. The average Bonchev–Trinajstić information content (AvgIpc) is 3.10. The molecule has 1 heterocycles. The second kappa shape index (κ2) is 9.64. The predicted molar refractivity (Wildman–Crippen MR) is 90.1 cm³/mol. The van der Waals surface area contributed by atoms with Crippen LogP contribution in [-0.2, 0) is 14.4 Å². The molecule has 1 aromatic heterocycles. The summed E-state index contributed by atoms with van der Waals surface area (Å²) < 4.78 is 0. The maximum absolute atomic E-state index is 11.8. The van der Waals surface area contributed by atoms with Crippen LogP contribution in [0, 0.1) is 5.92 Å². The highest BCUT2D eigenvalue weighted by atomic mass is 16.2. The van der Waals surface area contributed by atoms with Gasteiger partial charge >= 0.3 is 0 Å². The summed E-state index contributed by atoms with van der Waals surface area (Å²) in [6.45, 7) is 0.593. The van der Waals surface area contributed by atoms with E-state index in [1.165, 1.54) is 0 Å². The van der Waals surface area contributed by atoms with Crippen LogP contribution in [0.5, 0.6) is 0 Å². The van der Waals surface area contributed by atoms with Gasteiger partial charge in [-0.15, -0.1) is 0 Å². The van der Waals surface area contributed by atoms with Crippen LogP contribution >= 0.6 is 0 Å². The monoisotopic (exact) mass is 332 g/mol. The average molecular weight is 332 g/mol. The van der Waals surface area contributed by atoms with Gasteiger partial charge in [0.2, 0.25) is 17.7 Å². The molecular weight excluding hydrogens is 308 g/mol. The Morgan fingerprint density at radius 2 is 1.71 bits per heavy atom. The van der Waals surface area contributed by atoms with Crippen LogP contribution in [0.25, 0.3) is 0 Å². The number of carbonyl (C=O) groups excluding carboxylic acids is 3. The summed E-state index contributed by atoms with van der Waals surface area (Å²) in [6.07, 6.45) is 6.11. The van der Waals surface area contributed by atoms with Crippen LogP contribution in [0.1, 0.15) is 38.5 Å². The Bertz CT molecular complexity index is 556. The Morgan fingerprint density at radius 3 is 2.42 bits per heavy atom. The number of anilines is 1. The highest BCUT2D eigenvalue weighted by Crippen LogP contribution is 2.24. The maximum Gasteiger partial charge on any atom is 0.227 e. The molecule has 0 aliphatic heterocycles. The van der Waals surface area contributed by atoms with E-state index in [4.69, 9.17) is 0 Å². The quantitative estimate of drug-likeness (QED) is 0.666. The fourth-order valence-electron chi connectivity index (χ4n) is 2.68. The predicted octanol–water partition coefficient (Wildman–Crippen LogP) is 1.22. The van der Waals surface area contributed by atoms with E-state index < -0.39 is 0 Å². The highest BCUT2D eigenvalue weighted by Gasteiger charge is 2.22. The lowest BCUT2D eigenvalue weighted by Crippen LogP contribution is -2.34. The molecule has 0 spiro atoms. The van der Waals surface area contributed by atoms with Crippen molar-refractivity contribution in [3.05, 3.63) is 24.4 Å². The topological polar surface area (TPSA) is 100 Å². The summed E-state index contributed by atoms with van der Waals surface area (Å²) in [4.78, 5) is 39.2. The first kappa shape index (κ1) is 17.9. The van der Waals surface area contributed by atoms with E-state index >= 15 is 0 Å². The minimum absolute atomic E-state index is 0.0510. The first-order valence-electron chi connectivity index (χ1n) is 8.40. The Labute approximate surface area is 141 Å². The molecule has 3 N–H and O–H groups in total. The molecule has 130 valence electrons. The van der Waals surface area contributed by atoms with E-state index in [-0.39, 0.29) is 43.0 Å². The van der Waals surface area contributed by atoms with Gasteiger partial charge in [0.15, 0.2) is 0 Å². The molecule has 0 saturated heterocycles. The van der Waals surface area contributed by atoms with Crippen molar-refractivity contribution in [2.24, 2.45) is 5.92 Å². The summed E-state index contributed by atoms with van der Waals surface area (Å²) in [5, 5.41) is 8.12. The van der Waals surface area contributed by atoms with Crippen LogP contribution in [0.4, 0.5) is 5.82 Å². The molecule has 1 saturated carbocycles. The van der Waals surface area contributed by atoms with Gasteiger partial charge in [-0.2, -0.15) is 0 Å². The zero-order valence-electron chi connectivity index (χ0n) is 13.7. The smallest absolute Gasteiger partial charge is 0.227 e. The molecule has 1 aliphatic rings. The van der Waals surface area contributed by atoms with Gasteiger partial charge in [-0.25, -0.2) is 4.98 Å². The Hall–Kier alpha value is -2.44. The fraction of sp³-hybridized carbons (Fsp3) is 0.529. The number of rotatable bonds is 8. The number of hydrogen-bond donors (Lipinski definition) is 3.